The van der Waals surface area contributed by atoms with Crippen LogP contribution < -0.4 is 10.6 Å². The Kier molecular flexibility index (Phi) is 10.3. The Morgan fingerprint density at radius 3 is 2.76 bits per heavy atom. The van der Waals surface area contributed by atoms with Gasteiger partial charge in [-0.25, -0.2) is 4.99 Å². The zero-order chi connectivity index (χ0) is 19.8. The number of rotatable bonds is 8. The van der Waals surface area contributed by atoms with Crippen molar-refractivity contribution in [3.05, 3.63) is 34.0 Å². The van der Waals surface area contributed by atoms with Crippen LogP contribution in [0.15, 0.2) is 21.8 Å². The van der Waals surface area contributed by atoms with E-state index in [1.165, 1.54) is 5.56 Å². The van der Waals surface area contributed by atoms with Crippen molar-refractivity contribution in [2.45, 2.75) is 38.9 Å². The van der Waals surface area contributed by atoms with Gasteiger partial charge in [-0.05, 0) is 42.2 Å². The van der Waals surface area contributed by atoms with Crippen LogP contribution in [0.2, 0.25) is 0 Å². The van der Waals surface area contributed by atoms with E-state index in [9.17, 15) is 0 Å². The molecule has 1 aliphatic rings. The molecule has 0 saturated carbocycles. The van der Waals surface area contributed by atoms with Crippen LogP contribution >= 0.6 is 35.3 Å². The number of halogens is 1. The molecule has 2 N–H and O–H groups in total. The molecule has 0 amide bonds. The van der Waals surface area contributed by atoms with Crippen molar-refractivity contribution >= 4 is 41.3 Å². The average molecular weight is 533 g/mol. The van der Waals surface area contributed by atoms with Gasteiger partial charge in [0.15, 0.2) is 11.8 Å². The number of nitrogens with zero attached hydrogens (tertiary/aromatic N) is 5. The molecule has 2 aromatic rings. The number of guanidine groups is 1. The third-order valence-electron chi connectivity index (χ3n) is 5.07. The molecule has 0 unspecified atom stereocenters. The highest BCUT2D eigenvalue weighted by Crippen LogP contribution is 2.15. The quantitative estimate of drug-likeness (QED) is 0.234. The summed E-state index contributed by atoms with van der Waals surface area (Å²) in [5.41, 5.74) is 1.42. The van der Waals surface area contributed by atoms with Crippen LogP contribution in [-0.4, -0.2) is 65.0 Å². The lowest BCUT2D eigenvalue weighted by Gasteiger charge is -2.33. The summed E-state index contributed by atoms with van der Waals surface area (Å²) in [6, 6.07) is 2.64. The standard InChI is InChI=1S/C19H31N7OS.HI/c1-15-23-24-18(25(15)2)12-21-19(20-7-10-27-3)22-17-4-8-26(9-5-17)13-16-6-11-28-14-16;/h6,11,14,17H,4-5,7-10,12-13H2,1-3H3,(H2,20,21,22);1H. The number of piperidine rings is 1. The van der Waals surface area contributed by atoms with Crippen molar-refractivity contribution in [3.63, 3.8) is 0 Å². The predicted molar refractivity (Wildman–Crippen MR) is 128 cm³/mol. The molecule has 29 heavy (non-hydrogen) atoms. The van der Waals surface area contributed by atoms with E-state index in [2.05, 4.69) is 42.6 Å². The summed E-state index contributed by atoms with van der Waals surface area (Å²) in [6.07, 6.45) is 2.22. The van der Waals surface area contributed by atoms with Gasteiger partial charge in [0.05, 0.1) is 6.61 Å². The van der Waals surface area contributed by atoms with Crippen LogP contribution in [0.5, 0.6) is 0 Å². The molecule has 8 nitrogen and oxygen atoms in total. The van der Waals surface area contributed by atoms with E-state index in [0.717, 1.165) is 56.6 Å². The number of nitrogens with one attached hydrogen (secondary N) is 2. The van der Waals surface area contributed by atoms with Crippen molar-refractivity contribution in [2.24, 2.45) is 12.0 Å². The van der Waals surface area contributed by atoms with E-state index < -0.39 is 0 Å². The minimum atomic E-state index is 0. The number of hydrogen-bond acceptors (Lipinski definition) is 6. The lowest BCUT2D eigenvalue weighted by molar-refractivity contribution is 0.196. The van der Waals surface area contributed by atoms with Gasteiger partial charge in [-0.15, -0.1) is 34.2 Å². The molecule has 0 bridgehead atoms. The Morgan fingerprint density at radius 2 is 2.14 bits per heavy atom. The smallest absolute Gasteiger partial charge is 0.192 e. The lowest BCUT2D eigenvalue weighted by atomic mass is 10.0. The predicted octanol–water partition coefficient (Wildman–Crippen LogP) is 2.15. The number of aliphatic imine (C=N–C) groups is 1. The van der Waals surface area contributed by atoms with E-state index in [0.29, 0.717) is 19.2 Å². The van der Waals surface area contributed by atoms with Crippen molar-refractivity contribution in [1.82, 2.24) is 30.3 Å². The van der Waals surface area contributed by atoms with Gasteiger partial charge in [-0.1, -0.05) is 0 Å². The fraction of sp³-hybridized carbons (Fsp3) is 0.632. The monoisotopic (exact) mass is 533 g/mol. The highest BCUT2D eigenvalue weighted by Gasteiger charge is 2.20. The molecule has 0 atom stereocenters. The van der Waals surface area contributed by atoms with Gasteiger partial charge in [-0.3, -0.25) is 4.90 Å². The third kappa shape index (κ3) is 7.50. The van der Waals surface area contributed by atoms with Gasteiger partial charge in [0.1, 0.15) is 12.4 Å². The van der Waals surface area contributed by atoms with Crippen LogP contribution in [0, 0.1) is 6.92 Å². The van der Waals surface area contributed by atoms with Crippen LogP contribution in [0.3, 0.4) is 0 Å². The summed E-state index contributed by atoms with van der Waals surface area (Å²) in [4.78, 5) is 7.24. The first-order valence-corrected chi connectivity index (χ1v) is 10.7. The van der Waals surface area contributed by atoms with Gasteiger partial charge in [0.25, 0.3) is 0 Å². The van der Waals surface area contributed by atoms with Gasteiger partial charge in [0, 0.05) is 46.4 Å². The van der Waals surface area contributed by atoms with Crippen LogP contribution in [-0.2, 0) is 24.9 Å². The number of hydrogen-bond donors (Lipinski definition) is 2. The van der Waals surface area contributed by atoms with E-state index >= 15 is 0 Å². The van der Waals surface area contributed by atoms with Crippen LogP contribution in [0.4, 0.5) is 0 Å². The van der Waals surface area contributed by atoms with E-state index in [4.69, 9.17) is 9.73 Å². The molecule has 0 aliphatic carbocycles. The first-order chi connectivity index (χ1) is 13.7. The molecule has 10 heteroatoms. The maximum absolute atomic E-state index is 5.15. The summed E-state index contributed by atoms with van der Waals surface area (Å²) in [7, 11) is 3.67. The van der Waals surface area contributed by atoms with E-state index in [1.54, 1.807) is 18.4 Å². The Hall–Kier alpha value is -1.24. The normalized spacial score (nSPS) is 15.9. The van der Waals surface area contributed by atoms with Gasteiger partial charge < -0.3 is 19.9 Å². The maximum Gasteiger partial charge on any atom is 0.192 e. The SMILES string of the molecule is COCCNC(=NCc1nnc(C)n1C)NC1CCN(Cc2ccsc2)CC1.I. The number of thiophene rings is 1. The molecule has 1 saturated heterocycles. The first-order valence-electron chi connectivity index (χ1n) is 9.78. The summed E-state index contributed by atoms with van der Waals surface area (Å²) in [6.45, 7) is 7.05. The minimum absolute atomic E-state index is 0. The number of likely N-dealkylation sites (tertiary alicyclic amines) is 1. The van der Waals surface area contributed by atoms with Crippen molar-refractivity contribution < 1.29 is 4.74 Å². The van der Waals surface area contributed by atoms with Gasteiger partial charge in [-0.2, -0.15) is 11.3 Å². The molecule has 2 aromatic heterocycles. The largest absolute Gasteiger partial charge is 0.383 e. The van der Waals surface area contributed by atoms with E-state index in [-0.39, 0.29) is 24.0 Å². The highest BCUT2D eigenvalue weighted by molar-refractivity contribution is 14.0. The van der Waals surface area contributed by atoms with Gasteiger partial charge in [0.2, 0.25) is 0 Å². The number of ether oxygens (including phenoxy) is 1. The molecule has 3 heterocycles. The third-order valence-corrected chi connectivity index (χ3v) is 5.81. The maximum atomic E-state index is 5.15. The Bertz CT molecular complexity index is 742. The number of methoxy groups -OCH3 is 1. The fourth-order valence-corrected chi connectivity index (χ4v) is 3.89. The first kappa shape index (κ1) is 24.0. The summed E-state index contributed by atoms with van der Waals surface area (Å²) >= 11 is 1.77. The second-order valence-corrected chi connectivity index (χ2v) is 7.91. The second kappa shape index (κ2) is 12.5. The lowest BCUT2D eigenvalue weighted by Crippen LogP contribution is -2.49. The fourth-order valence-electron chi connectivity index (χ4n) is 3.23. The Balaban J connectivity index is 0.00000300. The van der Waals surface area contributed by atoms with Crippen molar-refractivity contribution in [3.8, 4) is 0 Å². The minimum Gasteiger partial charge on any atom is -0.383 e. The zero-order valence-electron chi connectivity index (χ0n) is 17.4. The molecular weight excluding hydrogens is 501 g/mol. The molecule has 1 fully saturated rings. The second-order valence-electron chi connectivity index (χ2n) is 7.13. The molecule has 0 radical (unpaired) electrons. The highest BCUT2D eigenvalue weighted by atomic mass is 127. The molecular formula is C19H32IN7OS. The van der Waals surface area contributed by atoms with Crippen LogP contribution in [0.25, 0.3) is 0 Å². The van der Waals surface area contributed by atoms with Gasteiger partial charge >= 0.3 is 0 Å². The number of aryl methyl sites for hydroxylation is 1. The summed E-state index contributed by atoms with van der Waals surface area (Å²) in [5.74, 6) is 2.56. The summed E-state index contributed by atoms with van der Waals surface area (Å²) in [5, 5.41) is 19.6. The molecule has 0 aromatic carbocycles. The molecule has 1 aliphatic heterocycles. The topological polar surface area (TPSA) is 79.6 Å². The zero-order valence-corrected chi connectivity index (χ0v) is 20.6. The molecule has 3 rings (SSSR count). The van der Waals surface area contributed by atoms with Crippen molar-refractivity contribution in [1.29, 1.82) is 0 Å². The van der Waals surface area contributed by atoms with Crippen molar-refractivity contribution in [2.75, 3.05) is 33.4 Å². The number of aromatic nitrogens is 3. The molecule has 162 valence electrons. The average Bonchev–Trinajstić information content (AvgIpc) is 3.32. The van der Waals surface area contributed by atoms with Crippen LogP contribution in [0.1, 0.15) is 30.1 Å². The summed E-state index contributed by atoms with van der Waals surface area (Å²) < 4.78 is 7.13. The Labute approximate surface area is 194 Å². The van der Waals surface area contributed by atoms with E-state index in [1.807, 2.05) is 18.5 Å². The Morgan fingerprint density at radius 1 is 1.34 bits per heavy atom. The molecule has 0 spiro atoms.